The summed E-state index contributed by atoms with van der Waals surface area (Å²) in [7, 11) is 0. The van der Waals surface area contributed by atoms with E-state index in [1.54, 1.807) is 11.3 Å². The van der Waals surface area contributed by atoms with Gasteiger partial charge in [0.15, 0.2) is 0 Å². The summed E-state index contributed by atoms with van der Waals surface area (Å²) < 4.78 is 0. The number of rotatable bonds is 3. The van der Waals surface area contributed by atoms with Gasteiger partial charge in [-0.05, 0) is 71.8 Å². The largest absolute Gasteiger partial charge is 0.393 e. The minimum Gasteiger partial charge on any atom is -0.393 e. The predicted molar refractivity (Wildman–Crippen MR) is 103 cm³/mol. The second kappa shape index (κ2) is 7.21. The molecule has 1 saturated carbocycles. The number of aliphatic hydroxyl groups excluding tert-OH is 1. The van der Waals surface area contributed by atoms with Gasteiger partial charge >= 0.3 is 0 Å². The van der Waals surface area contributed by atoms with Crippen LogP contribution < -0.4 is 0 Å². The van der Waals surface area contributed by atoms with E-state index in [1.807, 2.05) is 0 Å². The molecule has 1 amide bonds. The zero-order chi connectivity index (χ0) is 18.3. The van der Waals surface area contributed by atoms with Gasteiger partial charge in [-0.15, -0.1) is 11.3 Å². The molecule has 144 valence electrons. The molecule has 4 rings (SSSR count). The molecule has 3 fully saturated rings. The van der Waals surface area contributed by atoms with Crippen LogP contribution in [-0.4, -0.2) is 56.6 Å². The Morgan fingerprint density at radius 3 is 2.50 bits per heavy atom. The van der Waals surface area contributed by atoms with Gasteiger partial charge in [0.1, 0.15) is 10.5 Å². The maximum absolute atomic E-state index is 13.6. The molecule has 0 bridgehead atoms. The fraction of sp³-hybridized carbons (Fsp3) is 0.800. The van der Waals surface area contributed by atoms with E-state index in [0.717, 1.165) is 81.7 Å². The Balaban J connectivity index is 1.52. The molecule has 2 saturated heterocycles. The van der Waals surface area contributed by atoms with Crippen LogP contribution in [0, 0.1) is 13.8 Å². The van der Waals surface area contributed by atoms with Gasteiger partial charge in [-0.25, -0.2) is 4.98 Å². The fourth-order valence-electron chi connectivity index (χ4n) is 5.20. The summed E-state index contributed by atoms with van der Waals surface area (Å²) in [5, 5.41) is 11.0. The van der Waals surface area contributed by atoms with E-state index in [9.17, 15) is 9.90 Å². The summed E-state index contributed by atoms with van der Waals surface area (Å²) in [6.45, 7) is 6.90. The highest BCUT2D eigenvalue weighted by Crippen LogP contribution is 2.41. The predicted octanol–water partition coefficient (Wildman–Crippen LogP) is 3.02. The quantitative estimate of drug-likeness (QED) is 0.880. The average molecular weight is 378 g/mol. The van der Waals surface area contributed by atoms with E-state index >= 15 is 0 Å². The third-order valence-corrected chi connectivity index (χ3v) is 7.84. The van der Waals surface area contributed by atoms with Crippen molar-refractivity contribution < 1.29 is 9.90 Å². The summed E-state index contributed by atoms with van der Waals surface area (Å²) >= 11 is 1.77. The number of carbonyl (C=O) groups is 1. The van der Waals surface area contributed by atoms with Gasteiger partial charge in [0.2, 0.25) is 5.91 Å². The van der Waals surface area contributed by atoms with Crippen LogP contribution in [0.4, 0.5) is 0 Å². The summed E-state index contributed by atoms with van der Waals surface area (Å²) in [5.41, 5.74) is 0.817. The standard InChI is InChI=1S/C20H31N3O2S/c1-14-15(2)26-18(21-14)13-22-11-3-9-20(22)10-4-12-23(19(20)25)16-5-7-17(24)8-6-16/h16-17,24H,3-13H2,1-2H3. The highest BCUT2D eigenvalue weighted by molar-refractivity contribution is 7.11. The molecule has 1 aliphatic carbocycles. The zero-order valence-corrected chi connectivity index (χ0v) is 16.9. The van der Waals surface area contributed by atoms with Crippen molar-refractivity contribution in [3.8, 4) is 0 Å². The van der Waals surface area contributed by atoms with Gasteiger partial charge in [0, 0.05) is 17.5 Å². The molecule has 5 nitrogen and oxygen atoms in total. The lowest BCUT2D eigenvalue weighted by molar-refractivity contribution is -0.152. The summed E-state index contributed by atoms with van der Waals surface area (Å²) in [5.74, 6) is 0.354. The van der Waals surface area contributed by atoms with Crippen LogP contribution in [0.15, 0.2) is 0 Å². The Bertz CT molecular complexity index is 649. The lowest BCUT2D eigenvalue weighted by Crippen LogP contribution is -2.62. The first-order valence-electron chi connectivity index (χ1n) is 10.2. The summed E-state index contributed by atoms with van der Waals surface area (Å²) in [6, 6.07) is 0.329. The maximum atomic E-state index is 13.6. The van der Waals surface area contributed by atoms with E-state index in [1.165, 1.54) is 4.88 Å². The SMILES string of the molecule is Cc1nc(CN2CCCC23CCCN(C2CCC(O)CC2)C3=O)sc1C. The fourth-order valence-corrected chi connectivity index (χ4v) is 6.15. The minimum atomic E-state index is -0.304. The van der Waals surface area contributed by atoms with E-state index in [4.69, 9.17) is 4.98 Å². The van der Waals surface area contributed by atoms with Crippen molar-refractivity contribution >= 4 is 17.2 Å². The van der Waals surface area contributed by atoms with Gasteiger partial charge in [0.05, 0.1) is 18.3 Å². The normalized spacial score (nSPS) is 33.3. The van der Waals surface area contributed by atoms with Crippen LogP contribution in [-0.2, 0) is 11.3 Å². The minimum absolute atomic E-state index is 0.167. The van der Waals surface area contributed by atoms with E-state index in [0.29, 0.717) is 11.9 Å². The van der Waals surface area contributed by atoms with Gasteiger partial charge in [-0.1, -0.05) is 0 Å². The van der Waals surface area contributed by atoms with Crippen LogP contribution in [0.3, 0.4) is 0 Å². The molecule has 1 unspecified atom stereocenters. The Hall–Kier alpha value is -0.980. The molecule has 1 aromatic rings. The molecule has 3 heterocycles. The van der Waals surface area contributed by atoms with Crippen LogP contribution in [0.2, 0.25) is 0 Å². The number of piperidine rings is 1. The van der Waals surface area contributed by atoms with Gasteiger partial charge < -0.3 is 10.0 Å². The summed E-state index contributed by atoms with van der Waals surface area (Å²) in [4.78, 5) is 24.2. The number of carbonyl (C=O) groups excluding carboxylic acids is 1. The van der Waals surface area contributed by atoms with E-state index < -0.39 is 0 Å². The molecule has 1 spiro atoms. The first-order chi connectivity index (χ1) is 12.5. The van der Waals surface area contributed by atoms with Gasteiger partial charge in [0.25, 0.3) is 0 Å². The molecule has 0 aromatic carbocycles. The molecule has 6 heteroatoms. The van der Waals surface area contributed by atoms with Crippen molar-refractivity contribution in [3.63, 3.8) is 0 Å². The second-order valence-corrected chi connectivity index (χ2v) is 9.66. The number of hydrogen-bond donors (Lipinski definition) is 1. The number of aliphatic hydroxyl groups is 1. The number of aryl methyl sites for hydroxylation is 2. The van der Waals surface area contributed by atoms with Crippen molar-refractivity contribution in [2.45, 2.75) is 89.4 Å². The van der Waals surface area contributed by atoms with Crippen molar-refractivity contribution in [1.82, 2.24) is 14.8 Å². The van der Waals surface area contributed by atoms with Crippen LogP contribution in [0.5, 0.6) is 0 Å². The molecule has 0 radical (unpaired) electrons. The Labute approximate surface area is 160 Å². The number of amides is 1. The van der Waals surface area contributed by atoms with Crippen molar-refractivity contribution in [2.24, 2.45) is 0 Å². The molecule has 3 aliphatic rings. The van der Waals surface area contributed by atoms with E-state index in [-0.39, 0.29) is 11.6 Å². The average Bonchev–Trinajstić information content (AvgIpc) is 3.15. The smallest absolute Gasteiger partial charge is 0.243 e. The van der Waals surface area contributed by atoms with Crippen LogP contribution >= 0.6 is 11.3 Å². The Morgan fingerprint density at radius 1 is 1.15 bits per heavy atom. The monoisotopic (exact) mass is 377 g/mol. The topological polar surface area (TPSA) is 56.7 Å². The first-order valence-corrected chi connectivity index (χ1v) is 11.0. The zero-order valence-electron chi connectivity index (χ0n) is 16.0. The van der Waals surface area contributed by atoms with Gasteiger partial charge in [-0.2, -0.15) is 0 Å². The molecule has 1 atom stereocenters. The molecule has 2 aliphatic heterocycles. The maximum Gasteiger partial charge on any atom is 0.243 e. The number of thiazole rings is 1. The molecule has 1 N–H and O–H groups in total. The lowest BCUT2D eigenvalue weighted by Gasteiger charge is -2.48. The second-order valence-electron chi connectivity index (χ2n) is 8.37. The third-order valence-electron chi connectivity index (χ3n) is 6.78. The lowest BCUT2D eigenvalue weighted by atomic mass is 9.82. The molecular weight excluding hydrogens is 346 g/mol. The van der Waals surface area contributed by atoms with Crippen molar-refractivity contribution in [3.05, 3.63) is 15.6 Å². The molecular formula is C20H31N3O2S. The number of aromatic nitrogens is 1. The van der Waals surface area contributed by atoms with E-state index in [2.05, 4.69) is 23.6 Å². The third kappa shape index (κ3) is 3.20. The highest BCUT2D eigenvalue weighted by atomic mass is 32.1. The van der Waals surface area contributed by atoms with Gasteiger partial charge in [-0.3, -0.25) is 9.69 Å². The first kappa shape index (κ1) is 18.4. The Morgan fingerprint density at radius 2 is 1.85 bits per heavy atom. The van der Waals surface area contributed by atoms with Crippen molar-refractivity contribution in [1.29, 1.82) is 0 Å². The number of hydrogen-bond acceptors (Lipinski definition) is 5. The number of nitrogens with zero attached hydrogens (tertiary/aromatic N) is 3. The highest BCUT2D eigenvalue weighted by Gasteiger charge is 2.52. The molecule has 26 heavy (non-hydrogen) atoms. The van der Waals surface area contributed by atoms with Crippen LogP contribution in [0.1, 0.15) is 66.9 Å². The molecule has 1 aromatic heterocycles. The Kier molecular flexibility index (Phi) is 5.10. The number of likely N-dealkylation sites (tertiary alicyclic amines) is 2. The van der Waals surface area contributed by atoms with Crippen LogP contribution in [0.25, 0.3) is 0 Å². The summed E-state index contributed by atoms with van der Waals surface area (Å²) in [6.07, 6.45) is 7.58. The van der Waals surface area contributed by atoms with Crippen molar-refractivity contribution in [2.75, 3.05) is 13.1 Å².